The predicted octanol–water partition coefficient (Wildman–Crippen LogP) is 2.90. The molecule has 29 heavy (non-hydrogen) atoms. The van der Waals surface area contributed by atoms with Gasteiger partial charge >= 0.3 is 0 Å². The van der Waals surface area contributed by atoms with Crippen molar-refractivity contribution in [3.8, 4) is 0 Å². The van der Waals surface area contributed by atoms with Gasteiger partial charge in [0.05, 0.1) is 16.9 Å². The zero-order valence-corrected chi connectivity index (χ0v) is 15.8. The first-order chi connectivity index (χ1) is 14.1. The molecule has 1 saturated heterocycles. The van der Waals surface area contributed by atoms with Crippen molar-refractivity contribution < 1.29 is 9.72 Å². The fourth-order valence-electron chi connectivity index (χ4n) is 3.67. The molecule has 8 heteroatoms. The number of aromatic nitrogens is 1. The summed E-state index contributed by atoms with van der Waals surface area (Å²) in [5, 5.41) is 15.6. The zero-order valence-electron chi connectivity index (χ0n) is 15.8. The number of nitro groups is 1. The average molecular weight is 391 g/mol. The Bertz CT molecular complexity index is 1030. The van der Waals surface area contributed by atoms with Gasteiger partial charge in [0.25, 0.3) is 5.69 Å². The van der Waals surface area contributed by atoms with Crippen molar-refractivity contribution in [3.63, 3.8) is 0 Å². The largest absolute Gasteiger partial charge is 0.368 e. The van der Waals surface area contributed by atoms with Gasteiger partial charge in [-0.2, -0.15) is 0 Å². The first kappa shape index (κ1) is 18.8. The lowest BCUT2D eigenvalue weighted by Gasteiger charge is -2.36. The number of benzene rings is 2. The average Bonchev–Trinajstić information content (AvgIpc) is 2.74. The SMILES string of the molecule is O=C(CN1CCN(c2ccc([N+](=O)[O-])c3cnccc23)CC1)Nc1ccccc1. The summed E-state index contributed by atoms with van der Waals surface area (Å²) in [7, 11) is 0. The van der Waals surface area contributed by atoms with E-state index in [9.17, 15) is 14.9 Å². The van der Waals surface area contributed by atoms with Gasteiger partial charge in [-0.15, -0.1) is 0 Å². The minimum atomic E-state index is -0.378. The first-order valence-corrected chi connectivity index (χ1v) is 9.45. The van der Waals surface area contributed by atoms with Gasteiger partial charge < -0.3 is 10.2 Å². The van der Waals surface area contributed by atoms with Crippen LogP contribution in [0.3, 0.4) is 0 Å². The maximum absolute atomic E-state index is 12.3. The minimum absolute atomic E-state index is 0.0310. The number of rotatable bonds is 5. The second kappa shape index (κ2) is 8.24. The molecule has 0 saturated carbocycles. The lowest BCUT2D eigenvalue weighted by molar-refractivity contribution is -0.383. The molecule has 0 bridgehead atoms. The number of pyridine rings is 1. The van der Waals surface area contributed by atoms with Gasteiger partial charge in [0.2, 0.25) is 5.91 Å². The Balaban J connectivity index is 1.42. The van der Waals surface area contributed by atoms with Crippen LogP contribution in [0.15, 0.2) is 60.9 Å². The minimum Gasteiger partial charge on any atom is -0.368 e. The van der Waals surface area contributed by atoms with E-state index < -0.39 is 0 Å². The normalized spacial score (nSPS) is 14.7. The van der Waals surface area contributed by atoms with Crippen molar-refractivity contribution in [3.05, 3.63) is 71.0 Å². The third kappa shape index (κ3) is 4.17. The molecule has 1 N–H and O–H groups in total. The molecule has 0 atom stereocenters. The summed E-state index contributed by atoms with van der Waals surface area (Å²) < 4.78 is 0. The number of fused-ring (bicyclic) bond motifs is 1. The van der Waals surface area contributed by atoms with Crippen LogP contribution in [0.1, 0.15) is 0 Å². The molecule has 2 heterocycles. The molecule has 8 nitrogen and oxygen atoms in total. The van der Waals surface area contributed by atoms with Crippen LogP contribution in [0.4, 0.5) is 17.1 Å². The molecule has 1 fully saturated rings. The Morgan fingerprint density at radius 2 is 1.79 bits per heavy atom. The molecule has 0 unspecified atom stereocenters. The number of hydrogen-bond donors (Lipinski definition) is 1. The Morgan fingerprint density at radius 1 is 1.03 bits per heavy atom. The van der Waals surface area contributed by atoms with Crippen LogP contribution in [0.25, 0.3) is 10.8 Å². The summed E-state index contributed by atoms with van der Waals surface area (Å²) in [6, 6.07) is 14.6. The van der Waals surface area contributed by atoms with Crippen molar-refractivity contribution in [2.75, 3.05) is 42.9 Å². The maximum atomic E-state index is 12.3. The van der Waals surface area contributed by atoms with Crippen molar-refractivity contribution in [1.29, 1.82) is 0 Å². The summed E-state index contributed by atoms with van der Waals surface area (Å²) in [5.41, 5.74) is 1.82. The van der Waals surface area contributed by atoms with Gasteiger partial charge in [0.15, 0.2) is 0 Å². The number of non-ortho nitro benzene ring substituents is 1. The second-order valence-corrected chi connectivity index (χ2v) is 6.96. The van der Waals surface area contributed by atoms with Crippen molar-refractivity contribution >= 4 is 33.7 Å². The molecule has 4 rings (SSSR count). The van der Waals surface area contributed by atoms with E-state index in [1.807, 2.05) is 36.4 Å². The number of carbonyl (C=O) groups excluding carboxylic acids is 1. The topological polar surface area (TPSA) is 91.6 Å². The lowest BCUT2D eigenvalue weighted by Crippen LogP contribution is -2.48. The van der Waals surface area contributed by atoms with Crippen LogP contribution in [0, 0.1) is 10.1 Å². The number of nitro benzene ring substituents is 1. The summed E-state index contributed by atoms with van der Waals surface area (Å²) in [6.07, 6.45) is 3.20. The molecule has 148 valence electrons. The molecule has 1 amide bonds. The zero-order chi connectivity index (χ0) is 20.2. The number of nitrogens with one attached hydrogen (secondary N) is 1. The molecule has 0 radical (unpaired) electrons. The standard InChI is InChI=1S/C21H21N5O3/c27-21(23-16-4-2-1-3-5-16)15-24-10-12-25(13-11-24)19-6-7-20(26(28)29)18-14-22-9-8-17(18)19/h1-9,14H,10-13,15H2,(H,23,27). The fourth-order valence-corrected chi connectivity index (χ4v) is 3.67. The molecule has 3 aromatic rings. The Hall–Kier alpha value is -3.52. The van der Waals surface area contributed by atoms with E-state index >= 15 is 0 Å². The number of amides is 1. The number of carbonyl (C=O) groups is 1. The van der Waals surface area contributed by atoms with E-state index in [4.69, 9.17) is 0 Å². The Kier molecular flexibility index (Phi) is 5.35. The van der Waals surface area contributed by atoms with Crippen LogP contribution in [0.5, 0.6) is 0 Å². The van der Waals surface area contributed by atoms with E-state index in [0.29, 0.717) is 11.9 Å². The third-order valence-electron chi connectivity index (χ3n) is 5.11. The molecular formula is C21H21N5O3. The van der Waals surface area contributed by atoms with Crippen LogP contribution >= 0.6 is 0 Å². The van der Waals surface area contributed by atoms with Crippen LogP contribution < -0.4 is 10.2 Å². The van der Waals surface area contributed by atoms with Gasteiger partial charge in [-0.25, -0.2) is 0 Å². The van der Waals surface area contributed by atoms with E-state index in [1.165, 1.54) is 0 Å². The highest BCUT2D eigenvalue weighted by molar-refractivity contribution is 5.99. The number of hydrogen-bond acceptors (Lipinski definition) is 6. The highest BCUT2D eigenvalue weighted by Gasteiger charge is 2.22. The van der Waals surface area contributed by atoms with E-state index in [2.05, 4.69) is 20.1 Å². The van der Waals surface area contributed by atoms with Crippen molar-refractivity contribution in [1.82, 2.24) is 9.88 Å². The van der Waals surface area contributed by atoms with Gasteiger partial charge in [0.1, 0.15) is 0 Å². The van der Waals surface area contributed by atoms with Crippen molar-refractivity contribution in [2.24, 2.45) is 0 Å². The highest BCUT2D eigenvalue weighted by atomic mass is 16.6. The van der Waals surface area contributed by atoms with Gasteiger partial charge in [-0.1, -0.05) is 18.2 Å². The van der Waals surface area contributed by atoms with Crippen LogP contribution in [-0.2, 0) is 4.79 Å². The van der Waals surface area contributed by atoms with Gasteiger partial charge in [0, 0.05) is 61.4 Å². The van der Waals surface area contributed by atoms with E-state index in [1.54, 1.807) is 24.5 Å². The van der Waals surface area contributed by atoms with Gasteiger partial charge in [-0.05, 0) is 24.3 Å². The van der Waals surface area contributed by atoms with E-state index in [-0.39, 0.29) is 16.5 Å². The molecule has 1 aromatic heterocycles. The molecule has 2 aromatic carbocycles. The smallest absolute Gasteiger partial charge is 0.278 e. The monoisotopic (exact) mass is 391 g/mol. The molecule has 0 aliphatic carbocycles. The highest BCUT2D eigenvalue weighted by Crippen LogP contribution is 2.33. The van der Waals surface area contributed by atoms with Crippen LogP contribution in [-0.4, -0.2) is 53.4 Å². The maximum Gasteiger partial charge on any atom is 0.278 e. The van der Waals surface area contributed by atoms with Crippen LogP contribution in [0.2, 0.25) is 0 Å². The molecule has 0 spiro atoms. The second-order valence-electron chi connectivity index (χ2n) is 6.96. The summed E-state index contributed by atoms with van der Waals surface area (Å²) in [5.74, 6) is -0.0310. The summed E-state index contributed by atoms with van der Waals surface area (Å²) in [4.78, 5) is 31.6. The lowest BCUT2D eigenvalue weighted by atomic mass is 10.1. The molecular weight excluding hydrogens is 370 g/mol. The fraction of sp³-hybridized carbons (Fsp3) is 0.238. The predicted molar refractivity (Wildman–Crippen MR) is 112 cm³/mol. The first-order valence-electron chi connectivity index (χ1n) is 9.45. The Morgan fingerprint density at radius 3 is 2.52 bits per heavy atom. The molecule has 1 aliphatic rings. The third-order valence-corrected chi connectivity index (χ3v) is 5.11. The summed E-state index contributed by atoms with van der Waals surface area (Å²) in [6.45, 7) is 3.31. The summed E-state index contributed by atoms with van der Waals surface area (Å²) >= 11 is 0. The number of nitrogens with zero attached hydrogens (tertiary/aromatic N) is 4. The molecule has 1 aliphatic heterocycles. The number of anilines is 2. The number of piperazine rings is 1. The van der Waals surface area contributed by atoms with E-state index in [0.717, 1.165) is 42.9 Å². The number of para-hydroxylation sites is 1. The Labute approximate surface area is 167 Å². The van der Waals surface area contributed by atoms with Crippen molar-refractivity contribution in [2.45, 2.75) is 0 Å². The van der Waals surface area contributed by atoms with Gasteiger partial charge in [-0.3, -0.25) is 24.8 Å². The quantitative estimate of drug-likeness (QED) is 0.531.